The lowest BCUT2D eigenvalue weighted by Crippen LogP contribution is -2.42. The number of halogens is 1. The Morgan fingerprint density at radius 3 is 2.72 bits per heavy atom. The smallest absolute Gasteiger partial charge is 0.314 e. The molecule has 0 saturated heterocycles. The largest absolute Gasteiger partial charge is 0.481 e. The Balaban J connectivity index is 2.19. The van der Waals surface area contributed by atoms with Crippen LogP contribution in [0.1, 0.15) is 24.8 Å². The molecule has 1 aliphatic rings. The normalized spacial score (nSPS) is 17.7. The Morgan fingerprint density at radius 2 is 2.17 bits per heavy atom. The van der Waals surface area contributed by atoms with Crippen molar-refractivity contribution in [3.8, 4) is 0 Å². The molecule has 1 heterocycles. The predicted molar refractivity (Wildman–Crippen MR) is 71.1 cm³/mol. The van der Waals surface area contributed by atoms with Crippen molar-refractivity contribution < 1.29 is 9.90 Å². The number of carboxylic acid groups (broad SMARTS) is 1. The molecule has 94 valence electrons. The van der Waals surface area contributed by atoms with Gasteiger partial charge < -0.3 is 9.67 Å². The third-order valence-electron chi connectivity index (χ3n) is 4.11. The van der Waals surface area contributed by atoms with E-state index in [2.05, 4.69) is 0 Å². The molecule has 1 aliphatic carbocycles. The van der Waals surface area contributed by atoms with Crippen molar-refractivity contribution in [1.82, 2.24) is 4.57 Å². The number of benzene rings is 1. The van der Waals surface area contributed by atoms with Crippen molar-refractivity contribution in [1.29, 1.82) is 0 Å². The fourth-order valence-corrected chi connectivity index (χ4v) is 3.09. The van der Waals surface area contributed by atoms with E-state index in [1.807, 2.05) is 36.0 Å². The number of carboxylic acids is 1. The highest BCUT2D eigenvalue weighted by Crippen LogP contribution is 2.45. The Morgan fingerprint density at radius 1 is 1.44 bits per heavy atom. The van der Waals surface area contributed by atoms with E-state index in [9.17, 15) is 9.90 Å². The highest BCUT2D eigenvalue weighted by Gasteiger charge is 2.46. The molecule has 0 atom stereocenters. The van der Waals surface area contributed by atoms with E-state index in [-0.39, 0.29) is 0 Å². The van der Waals surface area contributed by atoms with Crippen LogP contribution in [0.25, 0.3) is 10.9 Å². The van der Waals surface area contributed by atoms with Crippen molar-refractivity contribution in [2.45, 2.75) is 24.7 Å². The number of fused-ring (bicyclic) bond motifs is 1. The molecular weight excluding hydrogens is 250 g/mol. The minimum atomic E-state index is -0.714. The number of nitrogens with zero attached hydrogens (tertiary/aromatic N) is 1. The summed E-state index contributed by atoms with van der Waals surface area (Å²) in [6.45, 7) is 0. The molecule has 0 bridgehead atoms. The van der Waals surface area contributed by atoms with E-state index in [1.165, 1.54) is 0 Å². The van der Waals surface area contributed by atoms with Gasteiger partial charge >= 0.3 is 5.97 Å². The summed E-state index contributed by atoms with van der Waals surface area (Å²) >= 11 is 6.12. The summed E-state index contributed by atoms with van der Waals surface area (Å²) in [7, 11) is 1.92. The molecule has 0 amide bonds. The molecule has 1 saturated carbocycles. The molecule has 3 rings (SSSR count). The van der Waals surface area contributed by atoms with Gasteiger partial charge in [0.05, 0.1) is 10.4 Å². The second-order valence-electron chi connectivity index (χ2n) is 5.06. The summed E-state index contributed by atoms with van der Waals surface area (Å²) in [4.78, 5) is 11.5. The molecule has 1 N–H and O–H groups in total. The van der Waals surface area contributed by atoms with Gasteiger partial charge in [-0.25, -0.2) is 0 Å². The number of hydrogen-bond donors (Lipinski definition) is 1. The summed E-state index contributed by atoms with van der Waals surface area (Å²) in [5, 5.41) is 11.1. The number of carbonyl (C=O) groups is 1. The zero-order chi connectivity index (χ0) is 12.9. The first-order valence-corrected chi connectivity index (χ1v) is 6.41. The summed E-state index contributed by atoms with van der Waals surface area (Å²) in [6.07, 6.45) is 4.29. The highest BCUT2D eigenvalue weighted by molar-refractivity contribution is 6.35. The maximum atomic E-state index is 11.5. The van der Waals surface area contributed by atoms with E-state index >= 15 is 0 Å². The molecule has 1 aromatic carbocycles. The molecule has 2 aromatic rings. The predicted octanol–water partition coefficient (Wildman–Crippen LogP) is 3.34. The molecule has 4 heteroatoms. The van der Waals surface area contributed by atoms with Crippen molar-refractivity contribution in [2.75, 3.05) is 0 Å². The standard InChI is InChI=1S/C14H14ClNO2/c1-16-8-11(15)10-4-3-9(7-12(10)16)14(13(17)18)5-2-6-14/h3-4,7-8H,2,5-6H2,1H3,(H,17,18). The van der Waals surface area contributed by atoms with Crippen LogP contribution >= 0.6 is 11.6 Å². The molecule has 3 nitrogen and oxygen atoms in total. The van der Waals surface area contributed by atoms with Gasteiger partial charge in [-0.15, -0.1) is 0 Å². The minimum Gasteiger partial charge on any atom is -0.481 e. The average molecular weight is 264 g/mol. The van der Waals surface area contributed by atoms with Crippen LogP contribution in [0.15, 0.2) is 24.4 Å². The van der Waals surface area contributed by atoms with E-state index in [4.69, 9.17) is 11.6 Å². The van der Waals surface area contributed by atoms with Crippen molar-refractivity contribution in [2.24, 2.45) is 7.05 Å². The maximum absolute atomic E-state index is 11.5. The van der Waals surface area contributed by atoms with Crippen molar-refractivity contribution in [3.05, 3.63) is 35.0 Å². The summed E-state index contributed by atoms with van der Waals surface area (Å²) in [5.74, 6) is -0.714. The minimum absolute atomic E-state index is 0.676. The second kappa shape index (κ2) is 3.75. The zero-order valence-corrected chi connectivity index (χ0v) is 10.9. The van der Waals surface area contributed by atoms with Gasteiger partial charge in [0.25, 0.3) is 0 Å². The molecule has 0 spiro atoms. The molecule has 18 heavy (non-hydrogen) atoms. The zero-order valence-electron chi connectivity index (χ0n) is 10.1. The SMILES string of the molecule is Cn1cc(Cl)c2ccc(C3(C(=O)O)CCC3)cc21. The monoisotopic (exact) mass is 263 g/mol. The van der Waals surface area contributed by atoms with Gasteiger partial charge in [0.15, 0.2) is 0 Å². The lowest BCUT2D eigenvalue weighted by Gasteiger charge is -2.38. The molecule has 1 fully saturated rings. The first-order chi connectivity index (χ1) is 8.54. The number of aryl methyl sites for hydroxylation is 1. The highest BCUT2D eigenvalue weighted by atomic mass is 35.5. The number of aliphatic carboxylic acids is 1. The van der Waals surface area contributed by atoms with E-state index in [0.29, 0.717) is 5.02 Å². The van der Waals surface area contributed by atoms with Crippen molar-refractivity contribution >= 4 is 28.5 Å². The van der Waals surface area contributed by atoms with Gasteiger partial charge in [-0.1, -0.05) is 30.2 Å². The summed E-state index contributed by atoms with van der Waals surface area (Å²) in [6, 6.07) is 5.80. The Bertz CT molecular complexity index is 641. The average Bonchev–Trinajstić information content (AvgIpc) is 2.52. The fourth-order valence-electron chi connectivity index (χ4n) is 2.79. The number of hydrogen-bond acceptors (Lipinski definition) is 1. The van der Waals surface area contributed by atoms with E-state index in [0.717, 1.165) is 35.7 Å². The fraction of sp³-hybridized carbons (Fsp3) is 0.357. The van der Waals surface area contributed by atoms with Gasteiger partial charge in [0.1, 0.15) is 0 Å². The van der Waals surface area contributed by atoms with Gasteiger partial charge in [0.2, 0.25) is 0 Å². The van der Waals surface area contributed by atoms with Gasteiger partial charge in [-0.3, -0.25) is 4.79 Å². The molecule has 0 unspecified atom stereocenters. The van der Waals surface area contributed by atoms with Crippen LogP contribution in [0, 0.1) is 0 Å². The topological polar surface area (TPSA) is 42.2 Å². The van der Waals surface area contributed by atoms with Gasteiger partial charge in [-0.05, 0) is 24.5 Å². The van der Waals surface area contributed by atoms with Gasteiger partial charge in [0, 0.05) is 24.1 Å². The molecule has 1 aromatic heterocycles. The van der Waals surface area contributed by atoms with Crippen LogP contribution in [0.2, 0.25) is 5.02 Å². The molecular formula is C14H14ClNO2. The summed E-state index contributed by atoms with van der Waals surface area (Å²) < 4.78 is 1.94. The van der Waals surface area contributed by atoms with Crippen LogP contribution in [-0.2, 0) is 17.3 Å². The number of rotatable bonds is 2. The third-order valence-corrected chi connectivity index (χ3v) is 4.41. The van der Waals surface area contributed by atoms with Crippen LogP contribution in [0.5, 0.6) is 0 Å². The first kappa shape index (κ1) is 11.6. The van der Waals surface area contributed by atoms with Gasteiger partial charge in [-0.2, -0.15) is 0 Å². The Kier molecular flexibility index (Phi) is 2.42. The Labute approximate surface area is 110 Å². The lowest BCUT2D eigenvalue weighted by molar-refractivity contribution is -0.147. The van der Waals surface area contributed by atoms with E-state index < -0.39 is 11.4 Å². The maximum Gasteiger partial charge on any atom is 0.314 e. The summed E-state index contributed by atoms with van der Waals surface area (Å²) in [5.41, 5.74) is 1.21. The van der Waals surface area contributed by atoms with Crippen LogP contribution in [0.3, 0.4) is 0 Å². The quantitative estimate of drug-likeness (QED) is 0.903. The van der Waals surface area contributed by atoms with Crippen LogP contribution in [-0.4, -0.2) is 15.6 Å². The Hall–Kier alpha value is -1.48. The third kappa shape index (κ3) is 1.40. The molecule has 0 aliphatic heterocycles. The second-order valence-corrected chi connectivity index (χ2v) is 5.47. The van der Waals surface area contributed by atoms with Crippen molar-refractivity contribution in [3.63, 3.8) is 0 Å². The molecule has 0 radical (unpaired) electrons. The van der Waals surface area contributed by atoms with E-state index in [1.54, 1.807) is 0 Å². The van der Waals surface area contributed by atoms with Crippen LogP contribution in [0.4, 0.5) is 0 Å². The van der Waals surface area contributed by atoms with Crippen LogP contribution < -0.4 is 0 Å². The number of aromatic nitrogens is 1. The lowest BCUT2D eigenvalue weighted by atomic mass is 9.64. The first-order valence-electron chi connectivity index (χ1n) is 6.03.